The maximum Gasteiger partial charge on any atom is 0.335 e. The van der Waals surface area contributed by atoms with Gasteiger partial charge >= 0.3 is 11.9 Å². The van der Waals surface area contributed by atoms with Crippen molar-refractivity contribution in [3.63, 3.8) is 0 Å². The summed E-state index contributed by atoms with van der Waals surface area (Å²) in [4.78, 5) is 46.5. The van der Waals surface area contributed by atoms with E-state index in [4.69, 9.17) is 14.6 Å². The van der Waals surface area contributed by atoms with Crippen LogP contribution in [0.25, 0.3) is 17.4 Å². The predicted octanol–water partition coefficient (Wildman–Crippen LogP) is 3.07. The number of carboxylic acids is 2. The summed E-state index contributed by atoms with van der Waals surface area (Å²) in [6.45, 7) is 1.10. The van der Waals surface area contributed by atoms with E-state index in [0.717, 1.165) is 5.56 Å². The van der Waals surface area contributed by atoms with Gasteiger partial charge in [0.15, 0.2) is 0 Å². The van der Waals surface area contributed by atoms with Crippen molar-refractivity contribution >= 4 is 40.9 Å². The molecule has 27 heavy (non-hydrogen) atoms. The molecule has 2 N–H and O–H groups in total. The maximum absolute atomic E-state index is 12.2. The minimum absolute atomic E-state index is 0.0539. The number of carbonyl (C=O) groups excluding carboxylic acids is 2. The van der Waals surface area contributed by atoms with Gasteiger partial charge in [0.05, 0.1) is 10.5 Å². The molecule has 9 heteroatoms. The van der Waals surface area contributed by atoms with Gasteiger partial charge in [0.1, 0.15) is 18.1 Å². The van der Waals surface area contributed by atoms with Gasteiger partial charge < -0.3 is 14.6 Å². The molecule has 2 aromatic rings. The maximum atomic E-state index is 12.2. The highest BCUT2D eigenvalue weighted by atomic mass is 32.2. The van der Waals surface area contributed by atoms with Gasteiger partial charge in [-0.25, -0.2) is 4.79 Å². The Kier molecular flexibility index (Phi) is 4.87. The first-order valence-corrected chi connectivity index (χ1v) is 8.49. The van der Waals surface area contributed by atoms with E-state index in [1.165, 1.54) is 18.2 Å². The Balaban J connectivity index is 1.89. The fourth-order valence-electron chi connectivity index (χ4n) is 2.50. The van der Waals surface area contributed by atoms with Crippen LogP contribution in [-0.4, -0.2) is 44.7 Å². The average Bonchev–Trinajstić information content (AvgIpc) is 3.15. The number of carbonyl (C=O) groups is 4. The molecular formula is C18H13NO7S. The lowest BCUT2D eigenvalue weighted by atomic mass is 10.0. The summed E-state index contributed by atoms with van der Waals surface area (Å²) in [5.74, 6) is -2.35. The number of benzene rings is 1. The Hall–Kier alpha value is -3.33. The highest BCUT2D eigenvalue weighted by molar-refractivity contribution is 8.18. The minimum Gasteiger partial charge on any atom is -0.480 e. The van der Waals surface area contributed by atoms with Gasteiger partial charge in [-0.3, -0.25) is 19.3 Å². The first-order chi connectivity index (χ1) is 12.8. The third-order valence-corrected chi connectivity index (χ3v) is 4.72. The van der Waals surface area contributed by atoms with Crippen molar-refractivity contribution < 1.29 is 33.8 Å². The molecule has 3 rings (SSSR count). The number of aryl methyl sites for hydroxylation is 1. The van der Waals surface area contributed by atoms with E-state index in [1.807, 2.05) is 0 Å². The lowest BCUT2D eigenvalue weighted by Gasteiger charge is -2.07. The summed E-state index contributed by atoms with van der Waals surface area (Å²) in [6.07, 6.45) is 1.35. The van der Waals surface area contributed by atoms with Crippen LogP contribution in [-0.2, 0) is 9.59 Å². The largest absolute Gasteiger partial charge is 0.480 e. The number of furan rings is 1. The molecule has 1 aliphatic heterocycles. The zero-order valence-corrected chi connectivity index (χ0v) is 14.8. The average molecular weight is 387 g/mol. The molecule has 1 aromatic heterocycles. The van der Waals surface area contributed by atoms with Crippen LogP contribution in [0.2, 0.25) is 0 Å². The molecule has 0 bridgehead atoms. The molecule has 8 nitrogen and oxygen atoms in total. The van der Waals surface area contributed by atoms with Gasteiger partial charge in [-0.1, -0.05) is 6.07 Å². The second-order valence-corrected chi connectivity index (χ2v) is 6.69. The van der Waals surface area contributed by atoms with Crippen LogP contribution in [0.3, 0.4) is 0 Å². The Bertz CT molecular complexity index is 1000. The summed E-state index contributed by atoms with van der Waals surface area (Å²) in [6, 6.07) is 7.84. The molecule has 0 unspecified atom stereocenters. The molecule has 138 valence electrons. The van der Waals surface area contributed by atoms with Crippen molar-refractivity contribution in [1.29, 1.82) is 0 Å². The van der Waals surface area contributed by atoms with Gasteiger partial charge in [-0.05, 0) is 48.5 Å². The van der Waals surface area contributed by atoms with Crippen molar-refractivity contribution in [3.8, 4) is 11.3 Å². The van der Waals surface area contributed by atoms with E-state index in [2.05, 4.69) is 0 Å². The standard InChI is InChI=1S/C18H13NO7S/c1-9-2-3-10(17(23)24)6-12(9)13-5-4-11(26-13)7-14-16(22)19(8-15(20)21)18(25)27-14/h2-7H,8H2,1H3,(H,20,21)(H,23,24)/b14-7+. The highest BCUT2D eigenvalue weighted by Gasteiger charge is 2.36. The third kappa shape index (κ3) is 3.77. The monoisotopic (exact) mass is 387 g/mol. The van der Waals surface area contributed by atoms with E-state index in [1.54, 1.807) is 25.1 Å². The summed E-state index contributed by atoms with van der Waals surface area (Å²) < 4.78 is 5.67. The molecule has 0 saturated carbocycles. The molecule has 1 aliphatic rings. The third-order valence-electron chi connectivity index (χ3n) is 3.82. The molecule has 0 atom stereocenters. The Morgan fingerprint density at radius 1 is 1.19 bits per heavy atom. The molecule has 0 radical (unpaired) electrons. The number of hydrogen-bond acceptors (Lipinski definition) is 6. The summed E-state index contributed by atoms with van der Waals surface area (Å²) in [5.41, 5.74) is 1.51. The smallest absolute Gasteiger partial charge is 0.335 e. The van der Waals surface area contributed by atoms with E-state index < -0.39 is 29.6 Å². The Morgan fingerprint density at radius 2 is 1.93 bits per heavy atom. The van der Waals surface area contributed by atoms with E-state index in [-0.39, 0.29) is 16.2 Å². The number of aromatic carboxylic acids is 1. The van der Waals surface area contributed by atoms with Crippen molar-refractivity contribution in [2.75, 3.05) is 6.54 Å². The zero-order valence-electron chi connectivity index (χ0n) is 14.0. The second kappa shape index (κ2) is 7.12. The highest BCUT2D eigenvalue weighted by Crippen LogP contribution is 2.33. The number of thioether (sulfide) groups is 1. The van der Waals surface area contributed by atoms with Crippen LogP contribution in [0.4, 0.5) is 4.79 Å². The fourth-order valence-corrected chi connectivity index (χ4v) is 3.31. The minimum atomic E-state index is -1.28. The molecular weight excluding hydrogens is 374 g/mol. The lowest BCUT2D eigenvalue weighted by molar-refractivity contribution is -0.140. The fraction of sp³-hybridized carbons (Fsp3) is 0.111. The molecule has 2 heterocycles. The SMILES string of the molecule is Cc1ccc(C(=O)O)cc1-c1ccc(/C=C2/SC(=O)N(CC(=O)O)C2=O)o1. The summed E-state index contributed by atoms with van der Waals surface area (Å²) in [7, 11) is 0. The zero-order chi connectivity index (χ0) is 19.7. The van der Waals surface area contributed by atoms with Gasteiger partial charge in [-0.2, -0.15) is 0 Å². The van der Waals surface area contributed by atoms with Crippen molar-refractivity contribution in [2.45, 2.75) is 6.92 Å². The number of amides is 2. The molecule has 2 amide bonds. The van der Waals surface area contributed by atoms with Gasteiger partial charge in [0.2, 0.25) is 0 Å². The molecule has 1 saturated heterocycles. The van der Waals surface area contributed by atoms with Crippen LogP contribution < -0.4 is 0 Å². The first-order valence-electron chi connectivity index (χ1n) is 7.67. The predicted molar refractivity (Wildman–Crippen MR) is 96.2 cm³/mol. The molecule has 0 spiro atoms. The number of aliphatic carboxylic acids is 1. The quantitative estimate of drug-likeness (QED) is 0.750. The van der Waals surface area contributed by atoms with Gasteiger partial charge in [0, 0.05) is 11.6 Å². The summed E-state index contributed by atoms with van der Waals surface area (Å²) >= 11 is 0.631. The number of hydrogen-bond donors (Lipinski definition) is 2. The van der Waals surface area contributed by atoms with Gasteiger partial charge in [-0.15, -0.1) is 0 Å². The van der Waals surface area contributed by atoms with Crippen molar-refractivity contribution in [1.82, 2.24) is 4.90 Å². The second-order valence-electron chi connectivity index (χ2n) is 5.70. The molecule has 0 aliphatic carbocycles. The summed E-state index contributed by atoms with van der Waals surface area (Å²) in [5, 5.41) is 17.2. The van der Waals surface area contributed by atoms with E-state index in [0.29, 0.717) is 28.0 Å². The van der Waals surface area contributed by atoms with Crippen molar-refractivity contribution in [3.05, 3.63) is 52.1 Å². The number of carboxylic acid groups (broad SMARTS) is 2. The number of nitrogens with zero attached hydrogens (tertiary/aromatic N) is 1. The Labute approximate surface area is 157 Å². The van der Waals surface area contributed by atoms with Gasteiger partial charge in [0.25, 0.3) is 11.1 Å². The van der Waals surface area contributed by atoms with Crippen LogP contribution in [0, 0.1) is 6.92 Å². The van der Waals surface area contributed by atoms with Crippen LogP contribution in [0.1, 0.15) is 21.7 Å². The van der Waals surface area contributed by atoms with E-state index >= 15 is 0 Å². The van der Waals surface area contributed by atoms with Crippen LogP contribution in [0.15, 0.2) is 39.7 Å². The van der Waals surface area contributed by atoms with Crippen molar-refractivity contribution in [2.24, 2.45) is 0 Å². The van der Waals surface area contributed by atoms with Crippen LogP contribution in [0.5, 0.6) is 0 Å². The molecule has 1 aromatic carbocycles. The first kappa shape index (κ1) is 18.5. The van der Waals surface area contributed by atoms with E-state index in [9.17, 15) is 19.2 Å². The number of imide groups is 1. The topological polar surface area (TPSA) is 125 Å². The van der Waals surface area contributed by atoms with Crippen LogP contribution >= 0.6 is 11.8 Å². The normalized spacial score (nSPS) is 15.6. The Morgan fingerprint density at radius 3 is 2.59 bits per heavy atom. The molecule has 1 fully saturated rings. The number of rotatable bonds is 5. The lowest BCUT2D eigenvalue weighted by Crippen LogP contribution is -2.33.